The van der Waals surface area contributed by atoms with Crippen molar-refractivity contribution in [3.05, 3.63) is 71.0 Å². The highest BCUT2D eigenvalue weighted by molar-refractivity contribution is 6.03. The summed E-state index contributed by atoms with van der Waals surface area (Å²) < 4.78 is 24.2. The van der Waals surface area contributed by atoms with Gasteiger partial charge in [-0.05, 0) is 24.6 Å². The molecule has 156 valence electrons. The van der Waals surface area contributed by atoms with Gasteiger partial charge in [-0.1, -0.05) is 75.8 Å². The Bertz CT molecular complexity index is 788. The van der Waals surface area contributed by atoms with Crippen LogP contribution in [0.5, 0.6) is 0 Å². The van der Waals surface area contributed by atoms with Crippen LogP contribution in [-0.2, 0) is 16.1 Å². The standard InChI is InChI=1S/C24H29FO4/c1-2-3-4-5-6-7-12-17-28-23(26)20-14-9-10-15-21(20)24(27)29-18-19-13-8-11-16-22(19)25/h8-11,13-16H,2-7,12,17-18H2,1H3. The van der Waals surface area contributed by atoms with Crippen LogP contribution in [0.15, 0.2) is 48.5 Å². The number of hydrogen-bond acceptors (Lipinski definition) is 4. The van der Waals surface area contributed by atoms with E-state index in [2.05, 4.69) is 6.92 Å². The number of carbonyl (C=O) groups is 2. The molecule has 0 fully saturated rings. The Morgan fingerprint density at radius 1 is 0.759 bits per heavy atom. The minimum atomic E-state index is -0.684. The Labute approximate surface area is 172 Å². The predicted molar refractivity (Wildman–Crippen MR) is 110 cm³/mol. The van der Waals surface area contributed by atoms with Crippen LogP contribution in [0.25, 0.3) is 0 Å². The molecule has 2 aromatic rings. The minimum absolute atomic E-state index is 0.119. The quantitative estimate of drug-likeness (QED) is 0.319. The molecule has 2 aromatic carbocycles. The fourth-order valence-corrected chi connectivity index (χ4v) is 2.98. The Morgan fingerprint density at radius 3 is 1.97 bits per heavy atom. The summed E-state index contributed by atoms with van der Waals surface area (Å²) >= 11 is 0. The summed E-state index contributed by atoms with van der Waals surface area (Å²) in [7, 11) is 0. The first kappa shape index (κ1) is 22.6. The maximum Gasteiger partial charge on any atom is 0.339 e. The predicted octanol–water partition coefficient (Wildman–Crippen LogP) is 6.09. The molecule has 0 aliphatic rings. The largest absolute Gasteiger partial charge is 0.462 e. The molecular weight excluding hydrogens is 371 g/mol. The number of esters is 2. The van der Waals surface area contributed by atoms with Crippen LogP contribution in [-0.4, -0.2) is 18.5 Å². The zero-order valence-electron chi connectivity index (χ0n) is 17.0. The molecule has 29 heavy (non-hydrogen) atoms. The van der Waals surface area contributed by atoms with Gasteiger partial charge in [0, 0.05) is 5.56 Å². The maximum atomic E-state index is 13.7. The van der Waals surface area contributed by atoms with Crippen LogP contribution >= 0.6 is 0 Å². The molecule has 0 aliphatic carbocycles. The van der Waals surface area contributed by atoms with E-state index in [9.17, 15) is 14.0 Å². The van der Waals surface area contributed by atoms with Crippen molar-refractivity contribution in [2.75, 3.05) is 6.61 Å². The summed E-state index contributed by atoms with van der Waals surface area (Å²) in [4.78, 5) is 24.8. The monoisotopic (exact) mass is 400 g/mol. The van der Waals surface area contributed by atoms with Gasteiger partial charge in [0.15, 0.2) is 0 Å². The first-order chi connectivity index (χ1) is 14.1. The third-order valence-electron chi connectivity index (χ3n) is 4.66. The smallest absolute Gasteiger partial charge is 0.339 e. The molecule has 5 heteroatoms. The van der Waals surface area contributed by atoms with E-state index < -0.39 is 17.8 Å². The first-order valence-electron chi connectivity index (χ1n) is 10.3. The molecule has 0 unspecified atom stereocenters. The summed E-state index contributed by atoms with van der Waals surface area (Å²) in [6, 6.07) is 12.4. The third-order valence-corrected chi connectivity index (χ3v) is 4.66. The van der Waals surface area contributed by atoms with Gasteiger partial charge < -0.3 is 9.47 Å². The van der Waals surface area contributed by atoms with E-state index in [1.165, 1.54) is 43.9 Å². The van der Waals surface area contributed by atoms with Crippen molar-refractivity contribution in [3.63, 3.8) is 0 Å². The molecule has 4 nitrogen and oxygen atoms in total. The molecule has 0 aliphatic heterocycles. The molecule has 0 N–H and O–H groups in total. The number of hydrogen-bond donors (Lipinski definition) is 0. The zero-order valence-corrected chi connectivity index (χ0v) is 17.0. The van der Waals surface area contributed by atoms with Crippen LogP contribution < -0.4 is 0 Å². The van der Waals surface area contributed by atoms with Gasteiger partial charge in [-0.15, -0.1) is 0 Å². The lowest BCUT2D eigenvalue weighted by atomic mass is 10.1. The topological polar surface area (TPSA) is 52.6 Å². The van der Waals surface area contributed by atoms with Crippen molar-refractivity contribution in [2.45, 2.75) is 58.5 Å². The second kappa shape index (κ2) is 12.7. The molecule has 0 saturated heterocycles. The minimum Gasteiger partial charge on any atom is -0.462 e. The summed E-state index contributed by atoms with van der Waals surface area (Å²) in [6.07, 6.45) is 7.90. The zero-order chi connectivity index (χ0) is 20.9. The van der Waals surface area contributed by atoms with Crippen molar-refractivity contribution < 1.29 is 23.5 Å². The van der Waals surface area contributed by atoms with Crippen molar-refractivity contribution >= 4 is 11.9 Å². The lowest BCUT2D eigenvalue weighted by Crippen LogP contribution is -2.14. The van der Waals surface area contributed by atoms with Gasteiger partial charge in [-0.3, -0.25) is 0 Å². The van der Waals surface area contributed by atoms with Gasteiger partial charge in [-0.25, -0.2) is 14.0 Å². The molecule has 0 saturated carbocycles. The highest BCUT2D eigenvalue weighted by atomic mass is 19.1. The normalized spacial score (nSPS) is 10.6. The highest BCUT2D eigenvalue weighted by Gasteiger charge is 2.19. The molecule has 0 atom stereocenters. The molecule has 0 radical (unpaired) electrons. The summed E-state index contributed by atoms with van der Waals surface area (Å²) in [5.41, 5.74) is 0.558. The van der Waals surface area contributed by atoms with Crippen LogP contribution in [0.1, 0.15) is 78.1 Å². The van der Waals surface area contributed by atoms with E-state index in [1.54, 1.807) is 30.3 Å². The lowest BCUT2D eigenvalue weighted by Gasteiger charge is -2.10. The van der Waals surface area contributed by atoms with Gasteiger partial charge in [0.25, 0.3) is 0 Å². The van der Waals surface area contributed by atoms with Crippen LogP contribution in [0.4, 0.5) is 4.39 Å². The molecular formula is C24H29FO4. The Hall–Kier alpha value is -2.69. The third kappa shape index (κ3) is 7.68. The molecule has 0 aromatic heterocycles. The summed E-state index contributed by atoms with van der Waals surface area (Å²) in [5.74, 6) is -1.67. The van der Waals surface area contributed by atoms with Gasteiger partial charge in [0.05, 0.1) is 17.7 Å². The van der Waals surface area contributed by atoms with Crippen LogP contribution in [0.2, 0.25) is 0 Å². The second-order valence-electron chi connectivity index (χ2n) is 6.97. The van der Waals surface area contributed by atoms with Crippen molar-refractivity contribution in [3.8, 4) is 0 Å². The van der Waals surface area contributed by atoms with E-state index in [0.29, 0.717) is 6.61 Å². The average Bonchev–Trinajstić information content (AvgIpc) is 2.74. The van der Waals surface area contributed by atoms with Gasteiger partial charge in [0.1, 0.15) is 12.4 Å². The fraction of sp³-hybridized carbons (Fsp3) is 0.417. The summed E-state index contributed by atoms with van der Waals surface area (Å²) in [6.45, 7) is 2.31. The molecule has 0 bridgehead atoms. The Balaban J connectivity index is 1.83. The molecule has 0 heterocycles. The van der Waals surface area contributed by atoms with Crippen LogP contribution in [0.3, 0.4) is 0 Å². The van der Waals surface area contributed by atoms with Crippen molar-refractivity contribution in [2.24, 2.45) is 0 Å². The number of rotatable bonds is 12. The van der Waals surface area contributed by atoms with Gasteiger partial charge >= 0.3 is 11.9 Å². The van der Waals surface area contributed by atoms with Crippen molar-refractivity contribution in [1.29, 1.82) is 0 Å². The molecule has 0 spiro atoms. The van der Waals surface area contributed by atoms with Gasteiger partial charge in [-0.2, -0.15) is 0 Å². The summed E-state index contributed by atoms with van der Waals surface area (Å²) in [5, 5.41) is 0. The number of benzene rings is 2. The van der Waals surface area contributed by atoms with E-state index in [1.807, 2.05) is 0 Å². The number of ether oxygens (including phenoxy) is 2. The Morgan fingerprint density at radius 2 is 1.31 bits per heavy atom. The maximum absolute atomic E-state index is 13.7. The van der Waals surface area contributed by atoms with Crippen LogP contribution in [0, 0.1) is 5.82 Å². The van der Waals surface area contributed by atoms with E-state index in [4.69, 9.17) is 9.47 Å². The SMILES string of the molecule is CCCCCCCCCOC(=O)c1ccccc1C(=O)OCc1ccccc1F. The lowest BCUT2D eigenvalue weighted by molar-refractivity contribution is 0.0433. The molecule has 2 rings (SSSR count). The number of unbranched alkanes of at least 4 members (excludes halogenated alkanes) is 6. The van der Waals surface area contributed by atoms with E-state index >= 15 is 0 Å². The first-order valence-corrected chi connectivity index (χ1v) is 10.3. The van der Waals surface area contributed by atoms with E-state index in [0.717, 1.165) is 19.3 Å². The molecule has 0 amide bonds. The number of carbonyl (C=O) groups excluding carboxylic acids is 2. The Kier molecular flexibility index (Phi) is 9.90. The average molecular weight is 400 g/mol. The highest BCUT2D eigenvalue weighted by Crippen LogP contribution is 2.15. The fourth-order valence-electron chi connectivity index (χ4n) is 2.98. The number of halogens is 1. The van der Waals surface area contributed by atoms with E-state index in [-0.39, 0.29) is 23.3 Å². The second-order valence-corrected chi connectivity index (χ2v) is 6.97. The van der Waals surface area contributed by atoms with Crippen molar-refractivity contribution in [1.82, 2.24) is 0 Å². The van der Waals surface area contributed by atoms with Gasteiger partial charge in [0.2, 0.25) is 0 Å².